The van der Waals surface area contributed by atoms with Crippen LogP contribution in [0, 0.1) is 0 Å². The van der Waals surface area contributed by atoms with Crippen molar-refractivity contribution < 1.29 is 4.74 Å². The molecular formula is C10H19NO. The molecule has 0 amide bonds. The van der Waals surface area contributed by atoms with E-state index in [4.69, 9.17) is 4.74 Å². The zero-order valence-corrected chi connectivity index (χ0v) is 7.94. The summed E-state index contributed by atoms with van der Waals surface area (Å²) in [5.74, 6) is 0. The van der Waals surface area contributed by atoms with Gasteiger partial charge in [-0.15, -0.1) is 0 Å². The van der Waals surface area contributed by atoms with E-state index in [1.54, 1.807) is 0 Å². The summed E-state index contributed by atoms with van der Waals surface area (Å²) in [6, 6.07) is 0. The summed E-state index contributed by atoms with van der Waals surface area (Å²) in [5.41, 5.74) is 0.450. The van der Waals surface area contributed by atoms with Crippen LogP contribution in [0.5, 0.6) is 0 Å². The first-order valence-corrected chi connectivity index (χ1v) is 5.15. The summed E-state index contributed by atoms with van der Waals surface area (Å²) in [6.07, 6.45) is 7.10. The second kappa shape index (κ2) is 3.35. The Morgan fingerprint density at radius 2 is 2.25 bits per heavy atom. The van der Waals surface area contributed by atoms with Crippen molar-refractivity contribution in [3.05, 3.63) is 0 Å². The maximum atomic E-state index is 5.55. The van der Waals surface area contributed by atoms with Crippen LogP contribution in [-0.2, 0) is 4.74 Å². The van der Waals surface area contributed by atoms with Gasteiger partial charge in [0, 0.05) is 18.7 Å². The van der Waals surface area contributed by atoms with E-state index in [1.165, 1.54) is 32.1 Å². The number of hydrogen-bond donors (Lipinski definition) is 1. The molecule has 1 N–H and O–H groups in total. The van der Waals surface area contributed by atoms with Crippen LogP contribution in [0.3, 0.4) is 0 Å². The van der Waals surface area contributed by atoms with Gasteiger partial charge in [-0.2, -0.15) is 0 Å². The van der Waals surface area contributed by atoms with E-state index >= 15 is 0 Å². The Morgan fingerprint density at radius 1 is 1.42 bits per heavy atom. The molecule has 0 radical (unpaired) electrons. The predicted molar refractivity (Wildman–Crippen MR) is 49.2 cm³/mol. The predicted octanol–water partition coefficient (Wildman–Crippen LogP) is 1.70. The highest BCUT2D eigenvalue weighted by Crippen LogP contribution is 2.31. The third-order valence-electron chi connectivity index (χ3n) is 3.24. The highest BCUT2D eigenvalue weighted by Gasteiger charge is 2.31. The Bertz CT molecular complexity index is 148. The van der Waals surface area contributed by atoms with Gasteiger partial charge in [0.1, 0.15) is 0 Å². The molecule has 0 aromatic heterocycles. The summed E-state index contributed by atoms with van der Waals surface area (Å²) in [4.78, 5) is 0. The van der Waals surface area contributed by atoms with E-state index in [0.29, 0.717) is 11.6 Å². The van der Waals surface area contributed by atoms with Gasteiger partial charge in [-0.25, -0.2) is 0 Å². The van der Waals surface area contributed by atoms with Crippen molar-refractivity contribution in [3.8, 4) is 0 Å². The van der Waals surface area contributed by atoms with E-state index in [9.17, 15) is 0 Å². The molecule has 1 aliphatic heterocycles. The number of hydrogen-bond acceptors (Lipinski definition) is 2. The van der Waals surface area contributed by atoms with E-state index in [0.717, 1.165) is 13.2 Å². The Kier molecular flexibility index (Phi) is 2.37. The Morgan fingerprint density at radius 3 is 2.75 bits per heavy atom. The maximum Gasteiger partial charge on any atom is 0.0700 e. The molecule has 0 bridgehead atoms. The van der Waals surface area contributed by atoms with Gasteiger partial charge in [0.05, 0.1) is 6.10 Å². The molecule has 70 valence electrons. The first-order valence-electron chi connectivity index (χ1n) is 5.15. The molecule has 1 aliphatic carbocycles. The molecule has 1 heterocycles. The second-order valence-electron chi connectivity index (χ2n) is 4.43. The molecule has 0 spiro atoms. The summed E-state index contributed by atoms with van der Waals surface area (Å²) in [7, 11) is 0. The summed E-state index contributed by atoms with van der Waals surface area (Å²) in [6.45, 7) is 4.37. The minimum atomic E-state index is 0.450. The van der Waals surface area contributed by atoms with E-state index in [2.05, 4.69) is 12.2 Å². The smallest absolute Gasteiger partial charge is 0.0700 e. The minimum Gasteiger partial charge on any atom is -0.377 e. The van der Waals surface area contributed by atoms with E-state index in [-0.39, 0.29) is 0 Å². The number of rotatable bonds is 3. The molecule has 2 aliphatic rings. The molecule has 2 rings (SSSR count). The maximum absolute atomic E-state index is 5.55. The molecule has 1 unspecified atom stereocenters. The Balaban J connectivity index is 1.67. The fourth-order valence-corrected chi connectivity index (χ4v) is 2.05. The van der Waals surface area contributed by atoms with Crippen molar-refractivity contribution in [3.63, 3.8) is 0 Å². The molecule has 1 saturated carbocycles. The molecule has 2 nitrogen and oxygen atoms in total. The normalized spacial score (nSPS) is 33.2. The average molecular weight is 169 g/mol. The zero-order chi connectivity index (χ0) is 8.44. The Labute approximate surface area is 74.7 Å². The average Bonchev–Trinajstić information content (AvgIpc) is 2.49. The fourth-order valence-electron chi connectivity index (χ4n) is 2.05. The van der Waals surface area contributed by atoms with Gasteiger partial charge in [0.25, 0.3) is 0 Å². The van der Waals surface area contributed by atoms with Crippen LogP contribution in [0.1, 0.15) is 39.0 Å². The summed E-state index contributed by atoms with van der Waals surface area (Å²) >= 11 is 0. The van der Waals surface area contributed by atoms with Crippen LogP contribution in [0.15, 0.2) is 0 Å². The van der Waals surface area contributed by atoms with Crippen LogP contribution >= 0.6 is 0 Å². The van der Waals surface area contributed by atoms with Crippen LogP contribution < -0.4 is 5.32 Å². The third-order valence-corrected chi connectivity index (χ3v) is 3.24. The van der Waals surface area contributed by atoms with Crippen LogP contribution in [-0.4, -0.2) is 24.8 Å². The number of nitrogens with one attached hydrogen (secondary N) is 1. The molecule has 2 fully saturated rings. The third kappa shape index (κ3) is 1.80. The lowest BCUT2D eigenvalue weighted by Crippen LogP contribution is -2.50. The van der Waals surface area contributed by atoms with Gasteiger partial charge in [0.2, 0.25) is 0 Å². The lowest BCUT2D eigenvalue weighted by Gasteiger charge is -2.40. The topological polar surface area (TPSA) is 21.3 Å². The highest BCUT2D eigenvalue weighted by atomic mass is 16.5. The zero-order valence-electron chi connectivity index (χ0n) is 7.94. The molecular weight excluding hydrogens is 150 g/mol. The quantitative estimate of drug-likeness (QED) is 0.694. The molecule has 1 atom stereocenters. The molecule has 2 heteroatoms. The largest absolute Gasteiger partial charge is 0.377 e. The van der Waals surface area contributed by atoms with Crippen molar-refractivity contribution in [2.45, 2.75) is 50.7 Å². The van der Waals surface area contributed by atoms with Crippen LogP contribution in [0.4, 0.5) is 0 Å². The Hall–Kier alpha value is -0.0800. The first-order chi connectivity index (χ1) is 5.79. The molecule has 0 aromatic carbocycles. The monoisotopic (exact) mass is 169 g/mol. The van der Waals surface area contributed by atoms with Gasteiger partial charge in [-0.3, -0.25) is 0 Å². The summed E-state index contributed by atoms with van der Waals surface area (Å²) in [5, 5.41) is 3.61. The standard InChI is InChI=1S/C10H19NO/c1-10(5-3-6-10)11-8-9-4-2-7-12-9/h9,11H,2-8H2,1H3. The van der Waals surface area contributed by atoms with Crippen molar-refractivity contribution >= 4 is 0 Å². The summed E-state index contributed by atoms with van der Waals surface area (Å²) < 4.78 is 5.55. The molecule has 1 saturated heterocycles. The highest BCUT2D eigenvalue weighted by molar-refractivity contribution is 4.92. The molecule has 12 heavy (non-hydrogen) atoms. The SMILES string of the molecule is CC1(NCC2CCCO2)CCC1. The van der Waals surface area contributed by atoms with Crippen molar-refractivity contribution in [2.75, 3.05) is 13.2 Å². The van der Waals surface area contributed by atoms with E-state index < -0.39 is 0 Å². The van der Waals surface area contributed by atoms with Gasteiger partial charge in [-0.1, -0.05) is 0 Å². The van der Waals surface area contributed by atoms with Gasteiger partial charge in [-0.05, 0) is 39.0 Å². The van der Waals surface area contributed by atoms with Crippen molar-refractivity contribution in [1.29, 1.82) is 0 Å². The van der Waals surface area contributed by atoms with Crippen molar-refractivity contribution in [2.24, 2.45) is 0 Å². The lowest BCUT2D eigenvalue weighted by molar-refractivity contribution is 0.0908. The van der Waals surface area contributed by atoms with E-state index in [1.807, 2.05) is 0 Å². The van der Waals surface area contributed by atoms with Gasteiger partial charge < -0.3 is 10.1 Å². The second-order valence-corrected chi connectivity index (χ2v) is 4.43. The van der Waals surface area contributed by atoms with Crippen LogP contribution in [0.25, 0.3) is 0 Å². The fraction of sp³-hybridized carbons (Fsp3) is 1.00. The van der Waals surface area contributed by atoms with Crippen LogP contribution in [0.2, 0.25) is 0 Å². The minimum absolute atomic E-state index is 0.450. The van der Waals surface area contributed by atoms with Crippen molar-refractivity contribution in [1.82, 2.24) is 5.32 Å². The van der Waals surface area contributed by atoms with Gasteiger partial charge >= 0.3 is 0 Å². The first kappa shape index (κ1) is 8.52. The lowest BCUT2D eigenvalue weighted by atomic mass is 9.78. The molecule has 0 aromatic rings. The van der Waals surface area contributed by atoms with Gasteiger partial charge in [0.15, 0.2) is 0 Å². The number of ether oxygens (including phenoxy) is 1.